The molecule has 0 radical (unpaired) electrons. The number of aliphatic carboxylic acids is 1. The van der Waals surface area contributed by atoms with E-state index in [0.29, 0.717) is 19.4 Å². The van der Waals surface area contributed by atoms with Crippen LogP contribution in [0.5, 0.6) is 0 Å². The van der Waals surface area contributed by atoms with Crippen molar-refractivity contribution in [1.82, 2.24) is 10.3 Å². The highest BCUT2D eigenvalue weighted by Gasteiger charge is 2.18. The van der Waals surface area contributed by atoms with Gasteiger partial charge in [-0.25, -0.2) is 4.98 Å². The predicted molar refractivity (Wildman–Crippen MR) is 88.2 cm³/mol. The minimum Gasteiger partial charge on any atom is -0.481 e. The fourth-order valence-electron chi connectivity index (χ4n) is 1.94. The van der Waals surface area contributed by atoms with Crippen LogP contribution >= 0.6 is 11.3 Å². The Morgan fingerprint density at radius 3 is 2.50 bits per heavy atom. The molecule has 1 aromatic rings. The van der Waals surface area contributed by atoms with Crippen molar-refractivity contribution in [2.75, 3.05) is 6.54 Å². The maximum Gasteiger partial charge on any atom is 0.303 e. The van der Waals surface area contributed by atoms with Crippen LogP contribution in [0.1, 0.15) is 63.6 Å². The number of aromatic nitrogens is 1. The third-order valence-corrected chi connectivity index (χ3v) is 4.49. The highest BCUT2D eigenvalue weighted by atomic mass is 32.1. The average molecular weight is 326 g/mol. The lowest BCUT2D eigenvalue weighted by molar-refractivity contribution is -0.137. The van der Waals surface area contributed by atoms with Crippen LogP contribution in [0, 0.1) is 0 Å². The van der Waals surface area contributed by atoms with Gasteiger partial charge < -0.3 is 10.4 Å². The van der Waals surface area contributed by atoms with Crippen LogP contribution < -0.4 is 5.32 Å². The molecule has 0 aliphatic heterocycles. The Labute approximate surface area is 136 Å². The van der Waals surface area contributed by atoms with Crippen LogP contribution in [0.4, 0.5) is 0 Å². The van der Waals surface area contributed by atoms with Gasteiger partial charge in [0.1, 0.15) is 0 Å². The molecular formula is C16H26N2O3S. The van der Waals surface area contributed by atoms with Crippen LogP contribution in [0.15, 0.2) is 5.38 Å². The van der Waals surface area contributed by atoms with E-state index in [1.165, 1.54) is 0 Å². The highest BCUT2D eigenvalue weighted by molar-refractivity contribution is 7.09. The number of carbonyl (C=O) groups excluding carboxylic acids is 1. The number of carbonyl (C=O) groups is 2. The standard InChI is InChI=1S/C16H26N2O3S/c1-16(2,3)15-18-12(11-22-15)10-13(19)17-9-7-5-4-6-8-14(20)21/h11H,4-10H2,1-3H3,(H,17,19)(H,20,21). The highest BCUT2D eigenvalue weighted by Crippen LogP contribution is 2.25. The van der Waals surface area contributed by atoms with Gasteiger partial charge in [0, 0.05) is 23.8 Å². The molecule has 0 aromatic carbocycles. The number of hydrogen-bond donors (Lipinski definition) is 2. The van der Waals surface area contributed by atoms with Gasteiger partial charge in [-0.2, -0.15) is 0 Å². The zero-order valence-corrected chi connectivity index (χ0v) is 14.5. The number of rotatable bonds is 9. The topological polar surface area (TPSA) is 79.3 Å². The average Bonchev–Trinajstić information content (AvgIpc) is 2.85. The Balaban J connectivity index is 2.16. The van der Waals surface area contributed by atoms with E-state index in [9.17, 15) is 9.59 Å². The van der Waals surface area contributed by atoms with Crippen LogP contribution in [-0.4, -0.2) is 28.5 Å². The van der Waals surface area contributed by atoms with E-state index in [1.807, 2.05) is 5.38 Å². The van der Waals surface area contributed by atoms with Crippen molar-refractivity contribution in [2.24, 2.45) is 0 Å². The molecule has 0 saturated heterocycles. The van der Waals surface area contributed by atoms with Crippen LogP contribution in [0.25, 0.3) is 0 Å². The molecule has 124 valence electrons. The number of carboxylic acids is 1. The molecule has 22 heavy (non-hydrogen) atoms. The van der Waals surface area contributed by atoms with Crippen molar-refractivity contribution < 1.29 is 14.7 Å². The lowest BCUT2D eigenvalue weighted by Gasteiger charge is -2.13. The van der Waals surface area contributed by atoms with Crippen LogP contribution in [0.2, 0.25) is 0 Å². The zero-order valence-electron chi connectivity index (χ0n) is 13.6. The molecule has 0 unspecified atom stereocenters. The van der Waals surface area contributed by atoms with Gasteiger partial charge in [-0.05, 0) is 12.8 Å². The van der Waals surface area contributed by atoms with Crippen molar-refractivity contribution in [2.45, 2.75) is 64.7 Å². The van der Waals surface area contributed by atoms with E-state index in [2.05, 4.69) is 31.1 Å². The first-order valence-corrected chi connectivity index (χ1v) is 8.60. The lowest BCUT2D eigenvalue weighted by atomic mass is 9.98. The summed E-state index contributed by atoms with van der Waals surface area (Å²) in [7, 11) is 0. The summed E-state index contributed by atoms with van der Waals surface area (Å²) in [5.41, 5.74) is 0.851. The molecular weight excluding hydrogens is 300 g/mol. The van der Waals surface area contributed by atoms with Gasteiger partial charge in [0.15, 0.2) is 0 Å². The fourth-order valence-corrected chi connectivity index (χ4v) is 2.85. The first-order valence-electron chi connectivity index (χ1n) is 7.72. The maximum atomic E-state index is 11.8. The smallest absolute Gasteiger partial charge is 0.303 e. The minimum atomic E-state index is -0.744. The van der Waals surface area contributed by atoms with Crippen molar-refractivity contribution >= 4 is 23.2 Å². The number of thiazole rings is 1. The Hall–Kier alpha value is -1.43. The summed E-state index contributed by atoms with van der Waals surface area (Å²) in [5, 5.41) is 14.4. The normalized spacial score (nSPS) is 11.4. The molecule has 5 nitrogen and oxygen atoms in total. The Morgan fingerprint density at radius 2 is 1.91 bits per heavy atom. The third-order valence-electron chi connectivity index (χ3n) is 3.17. The summed E-state index contributed by atoms with van der Waals surface area (Å²) in [6, 6.07) is 0. The molecule has 2 N–H and O–H groups in total. The van der Waals surface area contributed by atoms with Gasteiger partial charge in [-0.3, -0.25) is 9.59 Å². The molecule has 0 aliphatic carbocycles. The number of nitrogens with one attached hydrogen (secondary N) is 1. The van der Waals surface area contributed by atoms with E-state index in [-0.39, 0.29) is 17.7 Å². The van der Waals surface area contributed by atoms with E-state index in [0.717, 1.165) is 30.0 Å². The number of hydrogen-bond acceptors (Lipinski definition) is 4. The number of nitrogens with zero attached hydrogens (tertiary/aromatic N) is 1. The molecule has 0 bridgehead atoms. The van der Waals surface area contributed by atoms with Gasteiger partial charge in [0.2, 0.25) is 5.91 Å². The second kappa shape index (κ2) is 8.88. The number of unbranched alkanes of at least 4 members (excludes halogenated alkanes) is 3. The van der Waals surface area contributed by atoms with Crippen LogP contribution in [0.3, 0.4) is 0 Å². The van der Waals surface area contributed by atoms with Gasteiger partial charge in [-0.1, -0.05) is 33.6 Å². The first-order chi connectivity index (χ1) is 10.3. The van der Waals surface area contributed by atoms with Crippen molar-refractivity contribution in [1.29, 1.82) is 0 Å². The maximum absolute atomic E-state index is 11.8. The summed E-state index contributed by atoms with van der Waals surface area (Å²) in [5.74, 6) is -0.748. The molecule has 0 aliphatic rings. The Bertz CT molecular complexity index is 492. The number of carboxylic acid groups (broad SMARTS) is 1. The Kier molecular flexibility index (Phi) is 7.51. The molecule has 6 heteroatoms. The summed E-state index contributed by atoms with van der Waals surface area (Å²) in [4.78, 5) is 26.7. The molecule has 1 rings (SSSR count). The summed E-state index contributed by atoms with van der Waals surface area (Å²) < 4.78 is 0. The largest absolute Gasteiger partial charge is 0.481 e. The first kappa shape index (κ1) is 18.6. The second-order valence-electron chi connectivity index (χ2n) is 6.48. The molecule has 0 spiro atoms. The van der Waals surface area contributed by atoms with E-state index in [1.54, 1.807) is 11.3 Å². The summed E-state index contributed by atoms with van der Waals surface area (Å²) in [6.45, 7) is 6.97. The van der Waals surface area contributed by atoms with Crippen molar-refractivity contribution in [3.63, 3.8) is 0 Å². The van der Waals surface area contributed by atoms with Gasteiger partial charge in [0.05, 0.1) is 17.1 Å². The van der Waals surface area contributed by atoms with E-state index in [4.69, 9.17) is 5.11 Å². The second-order valence-corrected chi connectivity index (χ2v) is 7.34. The predicted octanol–water partition coefficient (Wildman–Crippen LogP) is 3.13. The monoisotopic (exact) mass is 326 g/mol. The lowest BCUT2D eigenvalue weighted by Crippen LogP contribution is -2.26. The molecule has 1 heterocycles. The van der Waals surface area contributed by atoms with Gasteiger partial charge >= 0.3 is 5.97 Å². The molecule has 0 fully saturated rings. The molecule has 0 atom stereocenters. The van der Waals surface area contributed by atoms with Crippen molar-refractivity contribution in [3.05, 3.63) is 16.1 Å². The fraction of sp³-hybridized carbons (Fsp3) is 0.688. The number of amides is 1. The van der Waals surface area contributed by atoms with E-state index < -0.39 is 5.97 Å². The summed E-state index contributed by atoms with van der Waals surface area (Å²) in [6.07, 6.45) is 3.98. The molecule has 1 amide bonds. The SMILES string of the molecule is CC(C)(C)c1nc(CC(=O)NCCCCCCC(=O)O)cs1. The molecule has 1 aromatic heterocycles. The zero-order chi connectivity index (χ0) is 16.6. The molecule has 0 saturated carbocycles. The van der Waals surface area contributed by atoms with E-state index >= 15 is 0 Å². The quantitative estimate of drug-likeness (QED) is 0.683. The van der Waals surface area contributed by atoms with Gasteiger partial charge in [-0.15, -0.1) is 11.3 Å². The third kappa shape index (κ3) is 7.54. The summed E-state index contributed by atoms with van der Waals surface area (Å²) >= 11 is 1.60. The van der Waals surface area contributed by atoms with Crippen LogP contribution in [-0.2, 0) is 21.4 Å². The van der Waals surface area contributed by atoms with Crippen molar-refractivity contribution in [3.8, 4) is 0 Å². The minimum absolute atomic E-state index is 0.00343. The van der Waals surface area contributed by atoms with Gasteiger partial charge in [0.25, 0.3) is 0 Å². The Morgan fingerprint density at radius 1 is 1.23 bits per heavy atom.